The van der Waals surface area contributed by atoms with Gasteiger partial charge in [0, 0.05) is 11.6 Å². The summed E-state index contributed by atoms with van der Waals surface area (Å²) in [5.41, 5.74) is 0.995. The highest BCUT2D eigenvalue weighted by Gasteiger charge is 2.25. The Hall–Kier alpha value is -2.37. The molecule has 1 aliphatic rings. The molecule has 2 amide bonds. The molecule has 0 aromatic heterocycles. The highest BCUT2D eigenvalue weighted by Crippen LogP contribution is 2.25. The minimum absolute atomic E-state index is 0.0467. The molecule has 6 nitrogen and oxygen atoms in total. The molecule has 0 atom stereocenters. The molecule has 1 aliphatic carbocycles. The van der Waals surface area contributed by atoms with Gasteiger partial charge >= 0.3 is 5.97 Å². The van der Waals surface area contributed by atoms with Crippen LogP contribution in [0.15, 0.2) is 24.3 Å². The first-order chi connectivity index (χ1) is 10.6. The normalized spacial score (nSPS) is 13.9. The van der Waals surface area contributed by atoms with Gasteiger partial charge in [-0.25, -0.2) is 4.79 Å². The lowest BCUT2D eigenvalue weighted by atomic mass is 9.85. The van der Waals surface area contributed by atoms with Crippen molar-refractivity contribution < 1.29 is 19.1 Å². The molecule has 1 aromatic carbocycles. The second kappa shape index (κ2) is 7.59. The number of benzene rings is 1. The maximum atomic E-state index is 11.7. The molecule has 2 rings (SSSR count). The quantitative estimate of drug-likeness (QED) is 0.784. The van der Waals surface area contributed by atoms with Crippen molar-refractivity contribution in [1.82, 2.24) is 5.32 Å². The van der Waals surface area contributed by atoms with Crippen molar-refractivity contribution in [1.29, 1.82) is 0 Å². The fourth-order valence-corrected chi connectivity index (χ4v) is 2.09. The predicted molar refractivity (Wildman–Crippen MR) is 81.4 cm³/mol. The standard InChI is InChI=1S/C16H20N2O4/c1-2-22-16(21)12-6-8-13(9-7-12)18-14(19)10-17-15(20)11-4-3-5-11/h6-9,11H,2-5,10H2,1H3,(H,17,20)(H,18,19). The predicted octanol–water partition coefficient (Wildman–Crippen LogP) is 1.72. The summed E-state index contributed by atoms with van der Waals surface area (Å²) in [4.78, 5) is 34.9. The summed E-state index contributed by atoms with van der Waals surface area (Å²) >= 11 is 0. The van der Waals surface area contributed by atoms with Crippen molar-refractivity contribution >= 4 is 23.5 Å². The van der Waals surface area contributed by atoms with E-state index in [9.17, 15) is 14.4 Å². The third-order valence-electron chi connectivity index (χ3n) is 3.58. The van der Waals surface area contributed by atoms with Gasteiger partial charge in [0.25, 0.3) is 0 Å². The minimum Gasteiger partial charge on any atom is -0.462 e. The van der Waals surface area contributed by atoms with Gasteiger partial charge in [-0.15, -0.1) is 0 Å². The van der Waals surface area contributed by atoms with Crippen molar-refractivity contribution in [3.8, 4) is 0 Å². The Morgan fingerprint density at radius 1 is 1.18 bits per heavy atom. The van der Waals surface area contributed by atoms with E-state index in [0.29, 0.717) is 17.9 Å². The molecule has 0 saturated heterocycles. The van der Waals surface area contributed by atoms with Gasteiger partial charge in [0.2, 0.25) is 11.8 Å². The van der Waals surface area contributed by atoms with Crippen LogP contribution in [0.1, 0.15) is 36.5 Å². The zero-order chi connectivity index (χ0) is 15.9. The van der Waals surface area contributed by atoms with Gasteiger partial charge in [0.05, 0.1) is 18.7 Å². The SMILES string of the molecule is CCOC(=O)c1ccc(NC(=O)CNC(=O)C2CCC2)cc1. The van der Waals surface area contributed by atoms with E-state index in [1.165, 1.54) is 0 Å². The van der Waals surface area contributed by atoms with Gasteiger partial charge in [-0.3, -0.25) is 9.59 Å². The Morgan fingerprint density at radius 3 is 2.41 bits per heavy atom. The molecular formula is C16H20N2O4. The summed E-state index contributed by atoms with van der Waals surface area (Å²) < 4.78 is 4.88. The smallest absolute Gasteiger partial charge is 0.338 e. The van der Waals surface area contributed by atoms with Gasteiger partial charge < -0.3 is 15.4 Å². The van der Waals surface area contributed by atoms with Crippen LogP contribution >= 0.6 is 0 Å². The van der Waals surface area contributed by atoms with Crippen molar-refractivity contribution in [2.24, 2.45) is 5.92 Å². The van der Waals surface area contributed by atoms with E-state index < -0.39 is 5.97 Å². The average Bonchev–Trinajstić information content (AvgIpc) is 2.44. The Labute approximate surface area is 129 Å². The molecule has 6 heteroatoms. The lowest BCUT2D eigenvalue weighted by Crippen LogP contribution is -2.39. The number of amides is 2. The summed E-state index contributed by atoms with van der Waals surface area (Å²) in [6, 6.07) is 6.41. The van der Waals surface area contributed by atoms with E-state index in [1.54, 1.807) is 31.2 Å². The van der Waals surface area contributed by atoms with Crippen molar-refractivity contribution in [3.05, 3.63) is 29.8 Å². The lowest BCUT2D eigenvalue weighted by molar-refractivity contribution is -0.129. The second-order valence-corrected chi connectivity index (χ2v) is 5.19. The van der Waals surface area contributed by atoms with Crippen LogP contribution in [0.5, 0.6) is 0 Å². The second-order valence-electron chi connectivity index (χ2n) is 5.19. The number of nitrogens with one attached hydrogen (secondary N) is 2. The maximum Gasteiger partial charge on any atom is 0.338 e. The number of esters is 1. The molecular weight excluding hydrogens is 284 g/mol. The topological polar surface area (TPSA) is 84.5 Å². The van der Waals surface area contributed by atoms with Crippen LogP contribution in [0.25, 0.3) is 0 Å². The van der Waals surface area contributed by atoms with Gasteiger partial charge in [-0.2, -0.15) is 0 Å². The summed E-state index contributed by atoms with van der Waals surface area (Å²) in [7, 11) is 0. The summed E-state index contributed by atoms with van der Waals surface area (Å²) in [5, 5.41) is 5.29. The third-order valence-corrected chi connectivity index (χ3v) is 3.58. The van der Waals surface area contributed by atoms with Crippen molar-refractivity contribution in [2.75, 3.05) is 18.5 Å². The van der Waals surface area contributed by atoms with Crippen molar-refractivity contribution in [3.63, 3.8) is 0 Å². The van der Waals surface area contributed by atoms with Crippen LogP contribution < -0.4 is 10.6 Å². The lowest BCUT2D eigenvalue weighted by Gasteiger charge is -2.23. The zero-order valence-electron chi connectivity index (χ0n) is 12.6. The fraction of sp³-hybridized carbons (Fsp3) is 0.438. The summed E-state index contributed by atoms with van der Waals surface area (Å²) in [6.45, 7) is 2.01. The number of rotatable bonds is 6. The van der Waals surface area contributed by atoms with Gasteiger partial charge in [-0.1, -0.05) is 6.42 Å². The van der Waals surface area contributed by atoms with Crippen LogP contribution in [0, 0.1) is 5.92 Å². The molecule has 1 aromatic rings. The van der Waals surface area contributed by atoms with Crippen LogP contribution in [-0.4, -0.2) is 30.9 Å². The van der Waals surface area contributed by atoms with Crippen LogP contribution in [0.2, 0.25) is 0 Å². The van der Waals surface area contributed by atoms with E-state index in [-0.39, 0.29) is 24.3 Å². The summed E-state index contributed by atoms with van der Waals surface area (Å²) in [5.74, 6) is -0.680. The molecule has 2 N–H and O–H groups in total. The van der Waals surface area contributed by atoms with Crippen LogP contribution in [0.4, 0.5) is 5.69 Å². The van der Waals surface area contributed by atoms with E-state index >= 15 is 0 Å². The van der Waals surface area contributed by atoms with Crippen LogP contribution in [-0.2, 0) is 14.3 Å². The number of ether oxygens (including phenoxy) is 1. The molecule has 0 bridgehead atoms. The first-order valence-electron chi connectivity index (χ1n) is 7.45. The van der Waals surface area contributed by atoms with Gasteiger partial charge in [0.15, 0.2) is 0 Å². The third kappa shape index (κ3) is 4.31. The Kier molecular flexibility index (Phi) is 5.52. The number of hydrogen-bond acceptors (Lipinski definition) is 4. The first kappa shape index (κ1) is 16.0. The highest BCUT2D eigenvalue weighted by molar-refractivity contribution is 5.95. The van der Waals surface area contributed by atoms with E-state index in [2.05, 4.69) is 10.6 Å². The fourth-order valence-electron chi connectivity index (χ4n) is 2.09. The van der Waals surface area contributed by atoms with Gasteiger partial charge in [-0.05, 0) is 44.0 Å². The van der Waals surface area contributed by atoms with Gasteiger partial charge in [0.1, 0.15) is 0 Å². The monoisotopic (exact) mass is 304 g/mol. The number of hydrogen-bond donors (Lipinski definition) is 2. The van der Waals surface area contributed by atoms with E-state index in [4.69, 9.17) is 4.74 Å². The molecule has 0 heterocycles. The Balaban J connectivity index is 1.78. The first-order valence-corrected chi connectivity index (χ1v) is 7.45. The molecule has 0 radical (unpaired) electrons. The Morgan fingerprint density at radius 2 is 1.86 bits per heavy atom. The average molecular weight is 304 g/mol. The van der Waals surface area contributed by atoms with Crippen LogP contribution in [0.3, 0.4) is 0 Å². The molecule has 0 aliphatic heterocycles. The largest absolute Gasteiger partial charge is 0.462 e. The molecule has 118 valence electrons. The maximum absolute atomic E-state index is 11.7. The molecule has 1 fully saturated rings. The summed E-state index contributed by atoms with van der Waals surface area (Å²) in [6.07, 6.45) is 2.89. The molecule has 1 saturated carbocycles. The number of anilines is 1. The number of carbonyl (C=O) groups is 3. The minimum atomic E-state index is -0.395. The van der Waals surface area contributed by atoms with E-state index in [1.807, 2.05) is 0 Å². The zero-order valence-corrected chi connectivity index (χ0v) is 12.6. The highest BCUT2D eigenvalue weighted by atomic mass is 16.5. The van der Waals surface area contributed by atoms with E-state index in [0.717, 1.165) is 19.3 Å². The molecule has 0 unspecified atom stereocenters. The molecule has 22 heavy (non-hydrogen) atoms. The molecule has 0 spiro atoms. The number of carbonyl (C=O) groups excluding carboxylic acids is 3. The Bertz CT molecular complexity index is 550. The van der Waals surface area contributed by atoms with Crippen molar-refractivity contribution in [2.45, 2.75) is 26.2 Å².